The fraction of sp³-hybridized carbons (Fsp3) is 0.292. The van der Waals surface area contributed by atoms with E-state index in [-0.39, 0.29) is 47.2 Å². The third-order valence-corrected chi connectivity index (χ3v) is 5.78. The predicted octanol–water partition coefficient (Wildman–Crippen LogP) is 3.94. The topological polar surface area (TPSA) is 79.4 Å². The largest absolute Gasteiger partial charge is 0.478 e. The minimum Gasteiger partial charge on any atom is -0.478 e. The fourth-order valence-electron chi connectivity index (χ4n) is 4.26. The number of ether oxygens (including phenoxy) is 1. The van der Waals surface area contributed by atoms with Gasteiger partial charge in [-0.3, -0.25) is 4.79 Å². The molecule has 2 aliphatic rings. The summed E-state index contributed by atoms with van der Waals surface area (Å²) in [5.74, 6) is -1.52. The lowest BCUT2D eigenvalue weighted by molar-refractivity contribution is -0.121. The molecule has 0 radical (unpaired) electrons. The van der Waals surface area contributed by atoms with Crippen molar-refractivity contribution in [1.82, 2.24) is 15.3 Å². The summed E-state index contributed by atoms with van der Waals surface area (Å²) < 4.78 is 34.9. The Morgan fingerprint density at radius 1 is 1.15 bits per heavy atom. The van der Waals surface area contributed by atoms with E-state index < -0.39 is 11.6 Å². The molecule has 170 valence electrons. The number of benzene rings is 2. The highest BCUT2D eigenvalue weighted by Crippen LogP contribution is 2.39. The lowest BCUT2D eigenvalue weighted by Gasteiger charge is -2.33. The average Bonchev–Trinajstić information content (AvgIpc) is 2.79. The number of anilines is 3. The molecule has 1 amide bonds. The van der Waals surface area contributed by atoms with Gasteiger partial charge < -0.3 is 20.3 Å². The van der Waals surface area contributed by atoms with E-state index >= 15 is 0 Å². The zero-order chi connectivity index (χ0) is 23.1. The molecule has 0 unspecified atom stereocenters. The quantitative estimate of drug-likeness (QED) is 0.626. The van der Waals surface area contributed by atoms with E-state index in [0.29, 0.717) is 0 Å². The second-order valence-corrected chi connectivity index (χ2v) is 8.38. The Balaban J connectivity index is 1.51. The molecular weight excluding hydrogens is 428 g/mol. The maximum Gasteiger partial charge on any atom is 0.265 e. The number of rotatable bonds is 4. The molecule has 2 aromatic carbocycles. The Morgan fingerprint density at radius 3 is 2.82 bits per heavy atom. The van der Waals surface area contributed by atoms with E-state index in [0.717, 1.165) is 37.5 Å². The molecule has 0 saturated heterocycles. The molecule has 5 rings (SSSR count). The molecule has 2 aliphatic heterocycles. The highest BCUT2D eigenvalue weighted by molar-refractivity contribution is 5.99. The van der Waals surface area contributed by atoms with Gasteiger partial charge in [-0.15, -0.1) is 0 Å². The van der Waals surface area contributed by atoms with Gasteiger partial charge in [0.15, 0.2) is 24.0 Å². The molecule has 0 saturated carbocycles. The highest BCUT2D eigenvalue weighted by atomic mass is 19.1. The summed E-state index contributed by atoms with van der Waals surface area (Å²) in [6.45, 7) is 5.12. The Kier molecular flexibility index (Phi) is 5.41. The van der Waals surface area contributed by atoms with Crippen LogP contribution in [-0.2, 0) is 17.8 Å². The lowest BCUT2D eigenvalue weighted by atomic mass is 10.0. The number of carbonyl (C=O) groups is 1. The smallest absolute Gasteiger partial charge is 0.265 e. The minimum atomic E-state index is -0.700. The number of hydrogen-bond acceptors (Lipinski definition) is 6. The van der Waals surface area contributed by atoms with E-state index in [4.69, 9.17) is 4.74 Å². The first-order valence-corrected chi connectivity index (χ1v) is 10.8. The standard InChI is InChI=1S/C24H23F2N5O2/c1-13(2)31-20-9-15(8-18(25)23(20)33-12-21(31)32)22-19(26)11-28-24(30-22)29-17-4-3-14-5-6-27-10-16(14)7-17/h3-4,7-9,11,13,27H,5-6,10,12H2,1-2H3,(H,28,29,30). The summed E-state index contributed by atoms with van der Waals surface area (Å²) in [6.07, 6.45) is 2.01. The van der Waals surface area contributed by atoms with Crippen LogP contribution in [0.15, 0.2) is 36.5 Å². The summed E-state index contributed by atoms with van der Waals surface area (Å²) in [5, 5.41) is 6.44. The summed E-state index contributed by atoms with van der Waals surface area (Å²) >= 11 is 0. The Bertz CT molecular complexity index is 1250. The van der Waals surface area contributed by atoms with Gasteiger partial charge >= 0.3 is 0 Å². The van der Waals surface area contributed by atoms with Crippen molar-refractivity contribution < 1.29 is 18.3 Å². The van der Waals surface area contributed by atoms with Crippen molar-refractivity contribution >= 4 is 23.2 Å². The van der Waals surface area contributed by atoms with Gasteiger partial charge in [-0.05, 0) is 62.2 Å². The van der Waals surface area contributed by atoms with Crippen LogP contribution in [0.4, 0.5) is 26.1 Å². The maximum absolute atomic E-state index is 14.9. The molecule has 7 nitrogen and oxygen atoms in total. The molecular formula is C24H23F2N5O2. The van der Waals surface area contributed by atoms with Crippen LogP contribution in [0.1, 0.15) is 25.0 Å². The molecule has 3 heterocycles. The molecule has 33 heavy (non-hydrogen) atoms. The Hall–Kier alpha value is -3.59. The van der Waals surface area contributed by atoms with Gasteiger partial charge in [0.2, 0.25) is 5.95 Å². The van der Waals surface area contributed by atoms with E-state index in [9.17, 15) is 13.6 Å². The Morgan fingerprint density at radius 2 is 2.00 bits per heavy atom. The van der Waals surface area contributed by atoms with Crippen LogP contribution in [0.25, 0.3) is 11.3 Å². The SMILES string of the molecule is CC(C)N1C(=O)COc2c(F)cc(-c3nc(Nc4ccc5c(c4)CNCC5)ncc3F)cc21. The van der Waals surface area contributed by atoms with Crippen molar-refractivity contribution in [2.24, 2.45) is 0 Å². The van der Waals surface area contributed by atoms with Crippen LogP contribution >= 0.6 is 0 Å². The zero-order valence-corrected chi connectivity index (χ0v) is 18.3. The molecule has 0 aliphatic carbocycles. The van der Waals surface area contributed by atoms with Crippen molar-refractivity contribution in [2.75, 3.05) is 23.4 Å². The monoisotopic (exact) mass is 451 g/mol. The van der Waals surface area contributed by atoms with Gasteiger partial charge in [0, 0.05) is 23.8 Å². The average molecular weight is 451 g/mol. The van der Waals surface area contributed by atoms with E-state index in [1.807, 2.05) is 26.0 Å². The van der Waals surface area contributed by atoms with Gasteiger partial charge in [0.05, 0.1) is 11.9 Å². The van der Waals surface area contributed by atoms with Crippen LogP contribution in [0, 0.1) is 11.6 Å². The van der Waals surface area contributed by atoms with Crippen molar-refractivity contribution in [3.05, 3.63) is 59.3 Å². The maximum atomic E-state index is 14.9. The van der Waals surface area contributed by atoms with Crippen molar-refractivity contribution in [2.45, 2.75) is 32.9 Å². The van der Waals surface area contributed by atoms with Gasteiger partial charge in [0.1, 0.15) is 5.69 Å². The molecule has 0 bridgehead atoms. The van der Waals surface area contributed by atoms with Crippen molar-refractivity contribution in [3.63, 3.8) is 0 Å². The van der Waals surface area contributed by atoms with Crippen LogP contribution < -0.4 is 20.3 Å². The number of halogens is 2. The number of carbonyl (C=O) groups excluding carboxylic acids is 1. The fourth-order valence-corrected chi connectivity index (χ4v) is 4.26. The second kappa shape index (κ2) is 8.40. The van der Waals surface area contributed by atoms with E-state index in [1.54, 1.807) is 0 Å². The third-order valence-electron chi connectivity index (χ3n) is 5.78. The number of nitrogens with one attached hydrogen (secondary N) is 2. The second-order valence-electron chi connectivity index (χ2n) is 8.38. The Labute approximate surface area is 189 Å². The van der Waals surface area contributed by atoms with E-state index in [2.05, 4.69) is 26.7 Å². The number of fused-ring (bicyclic) bond motifs is 2. The number of hydrogen-bond donors (Lipinski definition) is 2. The third kappa shape index (κ3) is 4.00. The van der Waals surface area contributed by atoms with Crippen LogP contribution in [0.3, 0.4) is 0 Å². The first kappa shape index (κ1) is 21.3. The van der Waals surface area contributed by atoms with Crippen LogP contribution in [0.5, 0.6) is 5.75 Å². The number of nitrogens with zero attached hydrogens (tertiary/aromatic N) is 3. The summed E-state index contributed by atoms with van der Waals surface area (Å²) in [7, 11) is 0. The normalized spacial score (nSPS) is 15.2. The molecule has 2 N–H and O–H groups in total. The molecule has 1 aromatic heterocycles. The molecule has 0 fully saturated rings. The molecule has 0 spiro atoms. The van der Waals surface area contributed by atoms with Gasteiger partial charge in [-0.2, -0.15) is 0 Å². The number of aromatic nitrogens is 2. The molecule has 0 atom stereocenters. The van der Waals surface area contributed by atoms with Crippen molar-refractivity contribution in [1.29, 1.82) is 0 Å². The van der Waals surface area contributed by atoms with Gasteiger partial charge in [-0.25, -0.2) is 18.7 Å². The van der Waals surface area contributed by atoms with E-state index in [1.165, 1.54) is 22.1 Å². The number of amides is 1. The minimum absolute atomic E-state index is 0.0254. The first-order chi connectivity index (χ1) is 15.9. The molecule has 9 heteroatoms. The summed E-state index contributed by atoms with van der Waals surface area (Å²) in [6, 6.07) is 8.46. The van der Waals surface area contributed by atoms with Gasteiger partial charge in [-0.1, -0.05) is 6.07 Å². The van der Waals surface area contributed by atoms with Crippen LogP contribution in [0.2, 0.25) is 0 Å². The van der Waals surface area contributed by atoms with Crippen molar-refractivity contribution in [3.8, 4) is 17.0 Å². The molecule has 3 aromatic rings. The summed E-state index contributed by atoms with van der Waals surface area (Å²) in [4.78, 5) is 22.1. The zero-order valence-electron chi connectivity index (χ0n) is 18.3. The first-order valence-electron chi connectivity index (χ1n) is 10.8. The van der Waals surface area contributed by atoms with Gasteiger partial charge in [0.25, 0.3) is 5.91 Å². The van der Waals surface area contributed by atoms with Crippen LogP contribution in [-0.4, -0.2) is 35.1 Å². The highest BCUT2D eigenvalue weighted by Gasteiger charge is 2.31. The lowest BCUT2D eigenvalue weighted by Crippen LogP contribution is -2.43. The summed E-state index contributed by atoms with van der Waals surface area (Å²) in [5.41, 5.74) is 3.62. The predicted molar refractivity (Wildman–Crippen MR) is 121 cm³/mol.